The predicted molar refractivity (Wildman–Crippen MR) is 121 cm³/mol. The Kier molecular flexibility index (Phi) is 7.47. The summed E-state index contributed by atoms with van der Waals surface area (Å²) in [4.78, 5) is 0. The number of aliphatic hydroxyl groups excluding tert-OH is 1. The first-order valence-corrected chi connectivity index (χ1v) is 10.3. The quantitative estimate of drug-likeness (QED) is 0.551. The zero-order valence-corrected chi connectivity index (χ0v) is 19.4. The number of nitrogens with one attached hydrogen (secondary N) is 1. The molecule has 2 aromatic rings. The van der Waals surface area contributed by atoms with E-state index in [4.69, 9.17) is 21.1 Å². The lowest BCUT2D eigenvalue weighted by molar-refractivity contribution is 0.196. The lowest BCUT2D eigenvalue weighted by atomic mass is 9.95. The van der Waals surface area contributed by atoms with Crippen LogP contribution in [0.5, 0.6) is 11.5 Å². The average Bonchev–Trinajstić information content (AvgIpc) is 2.63. The largest absolute Gasteiger partial charge is 0.496 e. The summed E-state index contributed by atoms with van der Waals surface area (Å²) in [5.41, 5.74) is 2.14. The Hall–Kier alpha value is -1.91. The van der Waals surface area contributed by atoms with Gasteiger partial charge in [-0.3, -0.25) is 0 Å². The molecule has 0 aliphatic rings. The minimum absolute atomic E-state index is 0.00888. The molecule has 0 amide bonds. The molecule has 0 heterocycles. The van der Waals surface area contributed by atoms with Crippen LogP contribution in [0.15, 0.2) is 36.4 Å². The van der Waals surface area contributed by atoms with Crippen LogP contribution < -0.4 is 14.8 Å². The number of para-hydroxylation sites is 1. The molecule has 0 bridgehead atoms. The Morgan fingerprint density at radius 2 is 1.62 bits per heavy atom. The molecule has 0 spiro atoms. The number of rotatable bonds is 7. The second kappa shape index (κ2) is 9.27. The van der Waals surface area contributed by atoms with Gasteiger partial charge >= 0.3 is 0 Å². The van der Waals surface area contributed by atoms with E-state index in [0.717, 1.165) is 5.69 Å². The van der Waals surface area contributed by atoms with Crippen LogP contribution in [0.2, 0.25) is 5.02 Å². The highest BCUT2D eigenvalue weighted by Crippen LogP contribution is 2.41. The van der Waals surface area contributed by atoms with Crippen LogP contribution in [-0.2, 0) is 0 Å². The molecule has 29 heavy (non-hydrogen) atoms. The molecule has 0 aliphatic carbocycles. The van der Waals surface area contributed by atoms with Gasteiger partial charge in [0.05, 0.1) is 19.4 Å². The Labute approximate surface area is 180 Å². The summed E-state index contributed by atoms with van der Waals surface area (Å²) < 4.78 is 11.6. The summed E-state index contributed by atoms with van der Waals surface area (Å²) in [5, 5.41) is 15.3. The normalized spacial score (nSPS) is 13.1. The van der Waals surface area contributed by atoms with E-state index in [1.54, 1.807) is 19.2 Å². The van der Waals surface area contributed by atoms with Crippen LogP contribution in [0.25, 0.3) is 0 Å². The number of methoxy groups -OCH3 is 1. The molecule has 0 saturated heterocycles. The summed E-state index contributed by atoms with van der Waals surface area (Å²) in [6.45, 7) is 14.1. The lowest BCUT2D eigenvalue weighted by Gasteiger charge is -2.27. The fraction of sp³-hybridized carbons (Fsp3) is 0.500. The minimum Gasteiger partial charge on any atom is -0.496 e. The molecule has 160 valence electrons. The number of aliphatic hydroxyl groups is 1. The van der Waals surface area contributed by atoms with Gasteiger partial charge in [0.25, 0.3) is 0 Å². The van der Waals surface area contributed by atoms with Crippen molar-refractivity contribution >= 4 is 17.3 Å². The highest BCUT2D eigenvalue weighted by Gasteiger charge is 2.24. The Balaban J connectivity index is 2.54. The van der Waals surface area contributed by atoms with Crippen molar-refractivity contribution in [3.05, 3.63) is 52.5 Å². The van der Waals surface area contributed by atoms with Crippen molar-refractivity contribution in [2.24, 2.45) is 10.8 Å². The van der Waals surface area contributed by atoms with Gasteiger partial charge in [-0.2, -0.15) is 0 Å². The minimum atomic E-state index is -0.913. The van der Waals surface area contributed by atoms with Gasteiger partial charge in [0.2, 0.25) is 0 Å². The number of hydrogen-bond donors (Lipinski definition) is 2. The first-order chi connectivity index (χ1) is 13.4. The summed E-state index contributed by atoms with van der Waals surface area (Å²) in [6, 6.07) is 11.0. The van der Waals surface area contributed by atoms with E-state index in [2.05, 4.69) is 46.9 Å². The van der Waals surface area contributed by atoms with Crippen LogP contribution >= 0.6 is 11.6 Å². The van der Waals surface area contributed by atoms with Crippen molar-refractivity contribution in [1.29, 1.82) is 0 Å². The monoisotopic (exact) mass is 419 g/mol. The first kappa shape index (κ1) is 23.4. The topological polar surface area (TPSA) is 50.7 Å². The number of halogens is 1. The molecular weight excluding hydrogens is 386 g/mol. The van der Waals surface area contributed by atoms with Crippen LogP contribution in [0.3, 0.4) is 0 Å². The zero-order valence-electron chi connectivity index (χ0n) is 18.6. The molecule has 2 rings (SSSR count). The van der Waals surface area contributed by atoms with Crippen molar-refractivity contribution in [1.82, 2.24) is 0 Å². The number of anilines is 1. The maximum absolute atomic E-state index is 11.3. The van der Waals surface area contributed by atoms with Crippen molar-refractivity contribution in [3.63, 3.8) is 0 Å². The molecule has 4 nitrogen and oxygen atoms in total. The molecule has 1 unspecified atom stereocenters. The van der Waals surface area contributed by atoms with Gasteiger partial charge in [0.1, 0.15) is 17.6 Å². The second-order valence-electron chi connectivity index (χ2n) is 9.78. The molecule has 0 radical (unpaired) electrons. The molecule has 2 N–H and O–H groups in total. The van der Waals surface area contributed by atoms with Gasteiger partial charge in [-0.25, -0.2) is 0 Å². The van der Waals surface area contributed by atoms with Crippen LogP contribution in [-0.4, -0.2) is 25.4 Å². The summed E-state index contributed by atoms with van der Waals surface area (Å²) in [6.07, 6.45) is -0.913. The van der Waals surface area contributed by atoms with E-state index < -0.39 is 6.10 Å². The second-order valence-corrected chi connectivity index (χ2v) is 10.2. The van der Waals surface area contributed by atoms with Gasteiger partial charge in [-0.1, -0.05) is 71.3 Å². The molecular formula is C24H34ClNO3. The Bertz CT molecular complexity index is 822. The fourth-order valence-electron chi connectivity index (χ4n) is 2.83. The van der Waals surface area contributed by atoms with Crippen molar-refractivity contribution in [2.45, 2.75) is 47.6 Å². The van der Waals surface area contributed by atoms with Crippen molar-refractivity contribution in [3.8, 4) is 11.5 Å². The molecule has 5 heteroatoms. The van der Waals surface area contributed by atoms with Crippen molar-refractivity contribution < 1.29 is 14.6 Å². The first-order valence-electron chi connectivity index (χ1n) is 9.92. The number of ether oxygens (including phenoxy) is 2. The third-order valence-corrected chi connectivity index (χ3v) is 4.50. The van der Waals surface area contributed by atoms with Gasteiger partial charge in [0, 0.05) is 28.8 Å². The van der Waals surface area contributed by atoms with E-state index >= 15 is 0 Å². The molecule has 0 aliphatic heterocycles. The van der Waals surface area contributed by atoms with Gasteiger partial charge in [0.15, 0.2) is 0 Å². The molecule has 0 fully saturated rings. The Morgan fingerprint density at radius 3 is 2.21 bits per heavy atom. The Morgan fingerprint density at radius 1 is 0.966 bits per heavy atom. The van der Waals surface area contributed by atoms with E-state index in [9.17, 15) is 5.11 Å². The van der Waals surface area contributed by atoms with Crippen molar-refractivity contribution in [2.75, 3.05) is 25.6 Å². The fourth-order valence-corrected chi connectivity index (χ4v) is 3.05. The summed E-state index contributed by atoms with van der Waals surface area (Å²) in [5.74, 6) is 1.26. The van der Waals surface area contributed by atoms with Crippen LogP contribution in [0.1, 0.15) is 58.8 Å². The maximum Gasteiger partial charge on any atom is 0.144 e. The molecule has 1 atom stereocenters. The highest BCUT2D eigenvalue weighted by atomic mass is 35.5. The molecule has 0 saturated carbocycles. The van der Waals surface area contributed by atoms with Gasteiger partial charge in [-0.15, -0.1) is 0 Å². The summed E-state index contributed by atoms with van der Waals surface area (Å²) >= 11 is 6.42. The predicted octanol–water partition coefficient (Wildman–Crippen LogP) is 6.31. The van der Waals surface area contributed by atoms with Gasteiger partial charge in [-0.05, 0) is 23.0 Å². The zero-order chi connectivity index (χ0) is 21.8. The summed E-state index contributed by atoms with van der Waals surface area (Å²) in [7, 11) is 1.60. The number of hydrogen-bond acceptors (Lipinski definition) is 4. The third-order valence-electron chi connectivity index (χ3n) is 4.28. The molecule has 0 aromatic heterocycles. The maximum atomic E-state index is 11.3. The smallest absolute Gasteiger partial charge is 0.144 e. The van der Waals surface area contributed by atoms with Crippen LogP contribution in [0, 0.1) is 10.8 Å². The SMILES string of the molecule is COc1ccccc1C(O)c1cc(Cl)cc(OCC(C)(C)C)c1NCC(C)(C)C. The lowest BCUT2D eigenvalue weighted by Crippen LogP contribution is -2.22. The van der Waals surface area contributed by atoms with Gasteiger partial charge < -0.3 is 19.9 Å². The number of benzene rings is 2. The van der Waals surface area contributed by atoms with Crippen LogP contribution in [0.4, 0.5) is 5.69 Å². The van der Waals surface area contributed by atoms with E-state index in [0.29, 0.717) is 40.8 Å². The third kappa shape index (κ3) is 6.83. The van der Waals surface area contributed by atoms with E-state index in [1.165, 1.54) is 0 Å². The van der Waals surface area contributed by atoms with E-state index in [1.807, 2.05) is 24.3 Å². The molecule has 2 aromatic carbocycles. The highest BCUT2D eigenvalue weighted by molar-refractivity contribution is 6.31. The standard InChI is InChI=1S/C24H34ClNO3/c1-23(2,3)14-26-21-18(22(27)17-10-8-9-11-19(17)28-7)12-16(25)13-20(21)29-15-24(4,5)6/h8-13,22,26-27H,14-15H2,1-7H3. The van der Waals surface area contributed by atoms with E-state index in [-0.39, 0.29) is 10.8 Å². The average molecular weight is 420 g/mol.